The molecule has 2 aromatic rings. The number of rotatable bonds is 3. The molecule has 1 aromatic carbocycles. The van der Waals surface area contributed by atoms with Crippen LogP contribution in [0.4, 0.5) is 10.3 Å². The van der Waals surface area contributed by atoms with Crippen LogP contribution >= 0.6 is 0 Å². The standard InChI is InChI=1S/C15H21FN4O/c1-3-19-4-5-21-11(8-19)9-20-14-6-10(2)12(16)7-13(14)18-15(20)17/h6-7,11H,3-5,8-9H2,1-2H3,(H2,17,18). The monoisotopic (exact) mass is 292 g/mol. The van der Waals surface area contributed by atoms with Gasteiger partial charge in [-0.1, -0.05) is 6.92 Å². The summed E-state index contributed by atoms with van der Waals surface area (Å²) < 4.78 is 21.4. The largest absolute Gasteiger partial charge is 0.374 e. The fraction of sp³-hybridized carbons (Fsp3) is 0.533. The summed E-state index contributed by atoms with van der Waals surface area (Å²) in [5.41, 5.74) is 8.06. The van der Waals surface area contributed by atoms with Gasteiger partial charge in [0.15, 0.2) is 0 Å². The number of aromatic nitrogens is 2. The zero-order chi connectivity index (χ0) is 15.0. The van der Waals surface area contributed by atoms with E-state index in [4.69, 9.17) is 10.5 Å². The van der Waals surface area contributed by atoms with Gasteiger partial charge >= 0.3 is 0 Å². The number of anilines is 1. The van der Waals surface area contributed by atoms with Gasteiger partial charge in [-0.2, -0.15) is 0 Å². The van der Waals surface area contributed by atoms with E-state index < -0.39 is 0 Å². The highest BCUT2D eigenvalue weighted by Gasteiger charge is 2.22. The average molecular weight is 292 g/mol. The zero-order valence-corrected chi connectivity index (χ0v) is 12.5. The number of imidazole rings is 1. The van der Waals surface area contributed by atoms with E-state index in [2.05, 4.69) is 16.8 Å². The van der Waals surface area contributed by atoms with E-state index in [9.17, 15) is 4.39 Å². The van der Waals surface area contributed by atoms with Crippen LogP contribution in [-0.4, -0.2) is 46.8 Å². The fourth-order valence-corrected chi connectivity index (χ4v) is 2.84. The molecule has 3 rings (SSSR count). The number of nitrogens with zero attached hydrogens (tertiary/aromatic N) is 3. The molecule has 5 nitrogen and oxygen atoms in total. The number of morpholine rings is 1. The summed E-state index contributed by atoms with van der Waals surface area (Å²) in [6.45, 7) is 8.15. The SMILES string of the molecule is CCN1CCOC(Cn2c(N)nc3cc(F)c(C)cc32)C1. The minimum absolute atomic E-state index is 0.0868. The van der Waals surface area contributed by atoms with Gasteiger partial charge in [0.2, 0.25) is 5.95 Å². The zero-order valence-electron chi connectivity index (χ0n) is 12.5. The average Bonchev–Trinajstić information content (AvgIpc) is 2.76. The summed E-state index contributed by atoms with van der Waals surface area (Å²) in [4.78, 5) is 6.61. The number of halogens is 1. The van der Waals surface area contributed by atoms with Gasteiger partial charge in [-0.3, -0.25) is 4.90 Å². The Morgan fingerprint density at radius 2 is 2.29 bits per heavy atom. The number of nitrogens with two attached hydrogens (primary N) is 1. The number of hydrogen-bond acceptors (Lipinski definition) is 4. The third-order valence-electron chi connectivity index (χ3n) is 4.11. The number of likely N-dealkylation sites (N-methyl/N-ethyl adjacent to an activating group) is 1. The molecule has 0 radical (unpaired) electrons. The lowest BCUT2D eigenvalue weighted by molar-refractivity contribution is -0.0335. The van der Waals surface area contributed by atoms with Crippen LogP contribution in [0.5, 0.6) is 0 Å². The van der Waals surface area contributed by atoms with Gasteiger partial charge in [0.1, 0.15) is 5.82 Å². The maximum Gasteiger partial charge on any atom is 0.201 e. The molecule has 2 heterocycles. The van der Waals surface area contributed by atoms with Gasteiger partial charge in [-0.25, -0.2) is 9.37 Å². The second-order valence-corrected chi connectivity index (χ2v) is 5.56. The molecule has 1 aromatic heterocycles. The molecular formula is C15H21FN4O. The molecule has 1 aliphatic rings. The normalized spacial score (nSPS) is 20.2. The first kappa shape index (κ1) is 14.3. The highest BCUT2D eigenvalue weighted by Crippen LogP contribution is 2.22. The van der Waals surface area contributed by atoms with Gasteiger partial charge in [-0.05, 0) is 25.1 Å². The van der Waals surface area contributed by atoms with Crippen molar-refractivity contribution in [2.45, 2.75) is 26.5 Å². The second-order valence-electron chi connectivity index (χ2n) is 5.56. The van der Waals surface area contributed by atoms with Crippen LogP contribution in [0, 0.1) is 12.7 Å². The molecule has 0 amide bonds. The quantitative estimate of drug-likeness (QED) is 0.937. The first-order valence-electron chi connectivity index (χ1n) is 7.34. The van der Waals surface area contributed by atoms with E-state index in [0.29, 0.717) is 23.6 Å². The Balaban J connectivity index is 1.89. The van der Waals surface area contributed by atoms with Gasteiger partial charge in [-0.15, -0.1) is 0 Å². The Morgan fingerprint density at radius 1 is 1.48 bits per heavy atom. The summed E-state index contributed by atoms with van der Waals surface area (Å²) >= 11 is 0. The number of ether oxygens (including phenoxy) is 1. The van der Waals surface area contributed by atoms with Crippen LogP contribution < -0.4 is 5.73 Å². The molecule has 0 saturated carbocycles. The van der Waals surface area contributed by atoms with Crippen molar-refractivity contribution in [3.8, 4) is 0 Å². The van der Waals surface area contributed by atoms with E-state index in [0.717, 1.165) is 31.8 Å². The molecule has 2 N–H and O–H groups in total. The number of hydrogen-bond donors (Lipinski definition) is 1. The van der Waals surface area contributed by atoms with Gasteiger partial charge in [0.25, 0.3) is 0 Å². The Labute approximate surface area is 123 Å². The van der Waals surface area contributed by atoms with E-state index in [1.807, 2.05) is 4.57 Å². The van der Waals surface area contributed by atoms with Crippen LogP contribution in [-0.2, 0) is 11.3 Å². The number of fused-ring (bicyclic) bond motifs is 1. The first-order valence-corrected chi connectivity index (χ1v) is 7.34. The summed E-state index contributed by atoms with van der Waals surface area (Å²) in [6, 6.07) is 3.24. The topological polar surface area (TPSA) is 56.3 Å². The summed E-state index contributed by atoms with van der Waals surface area (Å²) in [6.07, 6.45) is 0.0868. The van der Waals surface area contributed by atoms with Crippen molar-refractivity contribution < 1.29 is 9.13 Å². The van der Waals surface area contributed by atoms with Crippen LogP contribution in [0.15, 0.2) is 12.1 Å². The summed E-state index contributed by atoms with van der Waals surface area (Å²) in [5, 5.41) is 0. The number of benzene rings is 1. The lowest BCUT2D eigenvalue weighted by atomic mass is 10.2. The van der Waals surface area contributed by atoms with Crippen LogP contribution in [0.2, 0.25) is 0 Å². The van der Waals surface area contributed by atoms with Crippen molar-refractivity contribution in [1.82, 2.24) is 14.5 Å². The Bertz CT molecular complexity index is 655. The molecular weight excluding hydrogens is 271 g/mol. The number of nitrogen functional groups attached to an aromatic ring is 1. The van der Waals surface area contributed by atoms with Crippen LogP contribution in [0.1, 0.15) is 12.5 Å². The summed E-state index contributed by atoms with van der Waals surface area (Å²) in [5.74, 6) is 0.158. The third kappa shape index (κ3) is 2.73. The van der Waals surface area contributed by atoms with Crippen molar-refractivity contribution in [1.29, 1.82) is 0 Å². The van der Waals surface area contributed by atoms with Crippen molar-refractivity contribution in [2.24, 2.45) is 0 Å². The van der Waals surface area contributed by atoms with Crippen LogP contribution in [0.25, 0.3) is 11.0 Å². The number of aryl methyl sites for hydroxylation is 1. The molecule has 1 saturated heterocycles. The molecule has 0 aliphatic carbocycles. The maximum atomic E-state index is 13.6. The maximum absolute atomic E-state index is 13.6. The summed E-state index contributed by atoms with van der Waals surface area (Å²) in [7, 11) is 0. The smallest absolute Gasteiger partial charge is 0.201 e. The molecule has 6 heteroatoms. The third-order valence-corrected chi connectivity index (χ3v) is 4.11. The molecule has 1 fully saturated rings. The van der Waals surface area contributed by atoms with E-state index in [-0.39, 0.29) is 11.9 Å². The highest BCUT2D eigenvalue weighted by atomic mass is 19.1. The van der Waals surface area contributed by atoms with Crippen molar-refractivity contribution >= 4 is 17.0 Å². The lowest BCUT2D eigenvalue weighted by Gasteiger charge is -2.32. The van der Waals surface area contributed by atoms with E-state index in [1.165, 1.54) is 6.07 Å². The van der Waals surface area contributed by atoms with Crippen LogP contribution in [0.3, 0.4) is 0 Å². The Kier molecular flexibility index (Phi) is 3.82. The first-order chi connectivity index (χ1) is 10.1. The molecule has 0 bridgehead atoms. The van der Waals surface area contributed by atoms with E-state index >= 15 is 0 Å². The molecule has 21 heavy (non-hydrogen) atoms. The van der Waals surface area contributed by atoms with Gasteiger partial charge in [0.05, 0.1) is 30.3 Å². The van der Waals surface area contributed by atoms with Gasteiger partial charge < -0.3 is 15.0 Å². The molecule has 1 aliphatic heterocycles. The molecule has 114 valence electrons. The van der Waals surface area contributed by atoms with Crippen molar-refractivity contribution in [3.63, 3.8) is 0 Å². The predicted octanol–water partition coefficient (Wildman–Crippen LogP) is 1.79. The fourth-order valence-electron chi connectivity index (χ4n) is 2.84. The molecule has 1 atom stereocenters. The predicted molar refractivity (Wildman–Crippen MR) is 80.7 cm³/mol. The highest BCUT2D eigenvalue weighted by molar-refractivity contribution is 5.79. The van der Waals surface area contributed by atoms with Crippen molar-refractivity contribution in [3.05, 3.63) is 23.5 Å². The Hall–Kier alpha value is -1.66. The molecule has 0 spiro atoms. The lowest BCUT2D eigenvalue weighted by Crippen LogP contribution is -2.44. The minimum atomic E-state index is -0.252. The second kappa shape index (κ2) is 5.61. The van der Waals surface area contributed by atoms with Crippen molar-refractivity contribution in [2.75, 3.05) is 32.0 Å². The Morgan fingerprint density at radius 3 is 3.05 bits per heavy atom. The minimum Gasteiger partial charge on any atom is -0.374 e. The van der Waals surface area contributed by atoms with E-state index in [1.54, 1.807) is 13.0 Å². The molecule has 1 unspecified atom stereocenters. The van der Waals surface area contributed by atoms with Gasteiger partial charge in [0, 0.05) is 19.2 Å².